The first-order valence-electron chi connectivity index (χ1n) is 6.84. The Morgan fingerprint density at radius 2 is 1.96 bits per heavy atom. The van der Waals surface area contributed by atoms with E-state index in [0.717, 1.165) is 15.6 Å². The average Bonchev–Trinajstić information content (AvgIpc) is 2.98. The molecule has 1 heterocycles. The standard InChI is InChI=1S/C17H13FN2OS2/c1-22-17-19-14(11-6-3-2-4-7-11)16(23-17)20-15(21)12-8-5-9-13(18)10-12/h2-10H,1H3,(H,20,21). The highest BCUT2D eigenvalue weighted by atomic mass is 32.2. The van der Waals surface area contributed by atoms with Crippen LogP contribution in [0.15, 0.2) is 58.9 Å². The van der Waals surface area contributed by atoms with Crippen molar-refractivity contribution in [2.75, 3.05) is 11.6 Å². The van der Waals surface area contributed by atoms with Crippen LogP contribution in [-0.2, 0) is 0 Å². The molecule has 0 atom stereocenters. The largest absolute Gasteiger partial charge is 0.312 e. The summed E-state index contributed by atoms with van der Waals surface area (Å²) in [5.74, 6) is -0.784. The molecule has 1 N–H and O–H groups in total. The Labute approximate surface area is 141 Å². The second-order valence-corrected chi connectivity index (χ2v) is 6.74. The van der Waals surface area contributed by atoms with Crippen molar-refractivity contribution in [2.45, 2.75) is 4.34 Å². The molecule has 0 saturated carbocycles. The van der Waals surface area contributed by atoms with Crippen molar-refractivity contribution < 1.29 is 9.18 Å². The first kappa shape index (κ1) is 15.7. The summed E-state index contributed by atoms with van der Waals surface area (Å²) in [6.45, 7) is 0. The topological polar surface area (TPSA) is 42.0 Å². The number of amides is 1. The van der Waals surface area contributed by atoms with Gasteiger partial charge in [0.05, 0.1) is 0 Å². The third-order valence-electron chi connectivity index (χ3n) is 3.14. The van der Waals surface area contributed by atoms with Gasteiger partial charge in [0.15, 0.2) is 4.34 Å². The van der Waals surface area contributed by atoms with E-state index in [4.69, 9.17) is 0 Å². The Morgan fingerprint density at radius 1 is 1.17 bits per heavy atom. The number of carbonyl (C=O) groups is 1. The second-order valence-electron chi connectivity index (χ2n) is 4.69. The van der Waals surface area contributed by atoms with Crippen molar-refractivity contribution in [3.8, 4) is 11.3 Å². The van der Waals surface area contributed by atoms with E-state index in [0.29, 0.717) is 5.00 Å². The molecule has 0 aliphatic rings. The first-order chi connectivity index (χ1) is 11.2. The van der Waals surface area contributed by atoms with Gasteiger partial charge in [-0.15, -0.1) is 0 Å². The zero-order chi connectivity index (χ0) is 16.2. The monoisotopic (exact) mass is 344 g/mol. The molecule has 0 aliphatic heterocycles. The van der Waals surface area contributed by atoms with Crippen LogP contribution in [0.1, 0.15) is 10.4 Å². The number of benzene rings is 2. The summed E-state index contributed by atoms with van der Waals surface area (Å²) in [7, 11) is 0. The molecule has 1 amide bonds. The maximum atomic E-state index is 13.3. The number of nitrogens with zero attached hydrogens (tertiary/aromatic N) is 1. The van der Waals surface area contributed by atoms with Crippen molar-refractivity contribution in [1.29, 1.82) is 0 Å². The summed E-state index contributed by atoms with van der Waals surface area (Å²) in [6, 6.07) is 15.3. The van der Waals surface area contributed by atoms with Crippen LogP contribution in [0.3, 0.4) is 0 Å². The van der Waals surface area contributed by atoms with Crippen molar-refractivity contribution in [3.63, 3.8) is 0 Å². The molecule has 116 valence electrons. The fourth-order valence-corrected chi connectivity index (χ4v) is 3.55. The molecular formula is C17H13FN2OS2. The van der Waals surface area contributed by atoms with E-state index in [1.54, 1.807) is 6.07 Å². The van der Waals surface area contributed by atoms with Crippen LogP contribution in [-0.4, -0.2) is 17.1 Å². The lowest BCUT2D eigenvalue weighted by Crippen LogP contribution is -2.11. The Morgan fingerprint density at radius 3 is 2.65 bits per heavy atom. The number of thioether (sulfide) groups is 1. The fourth-order valence-electron chi connectivity index (χ4n) is 2.07. The van der Waals surface area contributed by atoms with Gasteiger partial charge in [-0.25, -0.2) is 9.37 Å². The molecule has 0 fully saturated rings. The number of halogens is 1. The summed E-state index contributed by atoms with van der Waals surface area (Å²) in [4.78, 5) is 16.9. The highest BCUT2D eigenvalue weighted by molar-refractivity contribution is 8.00. The summed E-state index contributed by atoms with van der Waals surface area (Å²) >= 11 is 2.93. The number of nitrogens with one attached hydrogen (secondary N) is 1. The van der Waals surface area contributed by atoms with Crippen molar-refractivity contribution in [2.24, 2.45) is 0 Å². The number of hydrogen-bond acceptors (Lipinski definition) is 4. The minimum absolute atomic E-state index is 0.281. The summed E-state index contributed by atoms with van der Waals surface area (Å²) in [6.07, 6.45) is 1.94. The Balaban J connectivity index is 1.93. The van der Waals surface area contributed by atoms with E-state index >= 15 is 0 Å². The van der Waals surface area contributed by atoms with Crippen LogP contribution in [0, 0.1) is 5.82 Å². The SMILES string of the molecule is CSc1nc(-c2ccccc2)c(NC(=O)c2cccc(F)c2)s1. The Hall–Kier alpha value is -2.18. The van der Waals surface area contributed by atoms with E-state index in [2.05, 4.69) is 10.3 Å². The molecule has 0 bridgehead atoms. The number of thiazole rings is 1. The maximum absolute atomic E-state index is 13.3. The Kier molecular flexibility index (Phi) is 4.73. The van der Waals surface area contributed by atoms with E-state index in [-0.39, 0.29) is 11.5 Å². The summed E-state index contributed by atoms with van der Waals surface area (Å²) in [5, 5.41) is 3.51. The van der Waals surface area contributed by atoms with Gasteiger partial charge in [0.2, 0.25) is 0 Å². The lowest BCUT2D eigenvalue weighted by molar-refractivity contribution is 0.102. The molecule has 23 heavy (non-hydrogen) atoms. The highest BCUT2D eigenvalue weighted by Gasteiger charge is 2.16. The van der Waals surface area contributed by atoms with Gasteiger partial charge in [-0.2, -0.15) is 0 Å². The zero-order valence-electron chi connectivity index (χ0n) is 12.2. The third kappa shape index (κ3) is 3.60. The minimum Gasteiger partial charge on any atom is -0.312 e. The van der Waals surface area contributed by atoms with Crippen LogP contribution in [0.25, 0.3) is 11.3 Å². The molecule has 1 aromatic heterocycles. The highest BCUT2D eigenvalue weighted by Crippen LogP contribution is 2.36. The minimum atomic E-state index is -0.435. The number of anilines is 1. The number of carbonyl (C=O) groups excluding carboxylic acids is 1. The predicted molar refractivity (Wildman–Crippen MR) is 93.7 cm³/mol. The molecule has 0 saturated heterocycles. The van der Waals surface area contributed by atoms with E-state index < -0.39 is 5.82 Å². The van der Waals surface area contributed by atoms with Crippen LogP contribution in [0.4, 0.5) is 9.39 Å². The normalized spacial score (nSPS) is 10.5. The van der Waals surface area contributed by atoms with E-state index in [1.807, 2.05) is 36.6 Å². The smallest absolute Gasteiger partial charge is 0.256 e. The number of hydrogen-bond donors (Lipinski definition) is 1. The summed E-state index contributed by atoms with van der Waals surface area (Å²) in [5.41, 5.74) is 1.94. The molecule has 3 nitrogen and oxygen atoms in total. The lowest BCUT2D eigenvalue weighted by atomic mass is 10.1. The predicted octanol–water partition coefficient (Wildman–Crippen LogP) is 4.92. The van der Waals surface area contributed by atoms with Crippen molar-refractivity contribution in [1.82, 2.24) is 4.98 Å². The van der Waals surface area contributed by atoms with Gasteiger partial charge in [-0.05, 0) is 24.5 Å². The summed E-state index contributed by atoms with van der Waals surface area (Å²) < 4.78 is 14.1. The van der Waals surface area contributed by atoms with E-state index in [1.165, 1.54) is 41.3 Å². The lowest BCUT2D eigenvalue weighted by Gasteiger charge is -2.05. The molecule has 2 aromatic carbocycles. The van der Waals surface area contributed by atoms with Crippen molar-refractivity contribution in [3.05, 3.63) is 66.0 Å². The number of aromatic nitrogens is 1. The molecule has 0 spiro atoms. The van der Waals surface area contributed by atoms with Gasteiger partial charge in [-0.1, -0.05) is 59.5 Å². The quantitative estimate of drug-likeness (QED) is 0.683. The van der Waals surface area contributed by atoms with Crippen LogP contribution < -0.4 is 5.32 Å². The van der Waals surface area contributed by atoms with Gasteiger partial charge >= 0.3 is 0 Å². The van der Waals surface area contributed by atoms with Crippen LogP contribution >= 0.6 is 23.1 Å². The first-order valence-corrected chi connectivity index (χ1v) is 8.88. The second kappa shape index (κ2) is 6.93. The van der Waals surface area contributed by atoms with Gasteiger partial charge < -0.3 is 5.32 Å². The van der Waals surface area contributed by atoms with Gasteiger partial charge in [0.25, 0.3) is 5.91 Å². The van der Waals surface area contributed by atoms with Gasteiger partial charge in [0, 0.05) is 11.1 Å². The maximum Gasteiger partial charge on any atom is 0.256 e. The third-order valence-corrected chi connectivity index (χ3v) is 5.10. The molecule has 3 aromatic rings. The van der Waals surface area contributed by atoms with Crippen LogP contribution in [0.2, 0.25) is 0 Å². The molecule has 0 unspecified atom stereocenters. The number of rotatable bonds is 4. The molecule has 6 heteroatoms. The molecule has 0 aliphatic carbocycles. The van der Waals surface area contributed by atoms with Gasteiger partial charge in [0.1, 0.15) is 16.5 Å². The van der Waals surface area contributed by atoms with E-state index in [9.17, 15) is 9.18 Å². The Bertz CT molecular complexity index is 834. The van der Waals surface area contributed by atoms with Crippen LogP contribution in [0.5, 0.6) is 0 Å². The van der Waals surface area contributed by atoms with Crippen molar-refractivity contribution >= 4 is 34.0 Å². The zero-order valence-corrected chi connectivity index (χ0v) is 13.9. The fraction of sp³-hybridized carbons (Fsp3) is 0.0588. The molecule has 3 rings (SSSR count). The average molecular weight is 344 g/mol. The molecule has 0 radical (unpaired) electrons. The molecular weight excluding hydrogens is 331 g/mol. The van der Waals surface area contributed by atoms with Gasteiger partial charge in [-0.3, -0.25) is 4.79 Å².